The van der Waals surface area contributed by atoms with Crippen molar-refractivity contribution in [3.63, 3.8) is 0 Å². The van der Waals surface area contributed by atoms with Gasteiger partial charge in [-0.1, -0.05) is 0 Å². The van der Waals surface area contributed by atoms with Crippen LogP contribution in [0.15, 0.2) is 18.3 Å². The van der Waals surface area contributed by atoms with Crippen molar-refractivity contribution in [1.82, 2.24) is 9.78 Å². The van der Waals surface area contributed by atoms with Gasteiger partial charge >= 0.3 is 5.69 Å². The number of nitrogens with zero attached hydrogens (tertiary/aromatic N) is 3. The molecule has 15 heavy (non-hydrogen) atoms. The molecule has 78 valence electrons. The Balaban J connectivity index is 2.73. The number of aryl methyl sites for hydroxylation is 1. The Bertz CT molecular complexity index is 533. The molecule has 0 aliphatic rings. The molecule has 0 atom stereocenters. The Morgan fingerprint density at radius 3 is 2.87 bits per heavy atom. The summed E-state index contributed by atoms with van der Waals surface area (Å²) >= 11 is 0. The molecule has 1 heterocycles. The molecule has 6 heteroatoms. The normalized spacial score (nSPS) is 10.5. The number of benzene rings is 1. The Labute approximate surface area is 85.2 Å². The van der Waals surface area contributed by atoms with Gasteiger partial charge in [-0.15, -0.1) is 0 Å². The van der Waals surface area contributed by atoms with E-state index < -0.39 is 4.92 Å². The van der Waals surface area contributed by atoms with E-state index in [0.29, 0.717) is 5.52 Å². The number of aromatic nitrogens is 2. The highest BCUT2D eigenvalue weighted by Gasteiger charge is 2.16. The van der Waals surface area contributed by atoms with E-state index in [1.54, 1.807) is 24.0 Å². The smallest absolute Gasteiger partial charge is 0.311 e. The van der Waals surface area contributed by atoms with E-state index in [-0.39, 0.29) is 11.4 Å². The van der Waals surface area contributed by atoms with Crippen molar-refractivity contribution in [2.24, 2.45) is 7.05 Å². The molecule has 0 bridgehead atoms. The first-order chi connectivity index (χ1) is 7.11. The first-order valence-corrected chi connectivity index (χ1v) is 4.27. The van der Waals surface area contributed by atoms with Crippen LogP contribution in [0.25, 0.3) is 10.9 Å². The van der Waals surface area contributed by atoms with E-state index in [1.165, 1.54) is 13.2 Å². The van der Waals surface area contributed by atoms with E-state index >= 15 is 0 Å². The molecular weight excluding hydrogens is 198 g/mol. The van der Waals surface area contributed by atoms with Crippen LogP contribution >= 0.6 is 0 Å². The summed E-state index contributed by atoms with van der Waals surface area (Å²) in [4.78, 5) is 10.3. The second kappa shape index (κ2) is 3.23. The molecule has 2 aromatic rings. The Kier molecular flexibility index (Phi) is 2.03. The van der Waals surface area contributed by atoms with Gasteiger partial charge in [-0.05, 0) is 0 Å². The maximum absolute atomic E-state index is 10.7. The van der Waals surface area contributed by atoms with Gasteiger partial charge in [-0.3, -0.25) is 14.8 Å². The van der Waals surface area contributed by atoms with Crippen LogP contribution in [0.1, 0.15) is 0 Å². The molecule has 0 radical (unpaired) electrons. The largest absolute Gasteiger partial charge is 0.490 e. The van der Waals surface area contributed by atoms with Gasteiger partial charge in [-0.25, -0.2) is 0 Å². The van der Waals surface area contributed by atoms with E-state index in [0.717, 1.165) is 5.39 Å². The highest BCUT2D eigenvalue weighted by Crippen LogP contribution is 2.30. The first-order valence-electron chi connectivity index (χ1n) is 4.27. The minimum absolute atomic E-state index is 0.0435. The van der Waals surface area contributed by atoms with Crippen LogP contribution < -0.4 is 4.74 Å². The van der Waals surface area contributed by atoms with E-state index in [9.17, 15) is 10.1 Å². The highest BCUT2D eigenvalue weighted by atomic mass is 16.6. The van der Waals surface area contributed by atoms with E-state index in [2.05, 4.69) is 5.10 Å². The van der Waals surface area contributed by atoms with Gasteiger partial charge in [0.05, 0.1) is 17.5 Å². The fraction of sp³-hybridized carbons (Fsp3) is 0.222. The maximum Gasteiger partial charge on any atom is 0.311 e. The Morgan fingerprint density at radius 2 is 2.27 bits per heavy atom. The van der Waals surface area contributed by atoms with Crippen LogP contribution in [0.4, 0.5) is 5.69 Å². The van der Waals surface area contributed by atoms with Crippen LogP contribution in [-0.2, 0) is 7.05 Å². The number of ether oxygens (including phenoxy) is 1. The van der Waals surface area contributed by atoms with Crippen molar-refractivity contribution in [1.29, 1.82) is 0 Å². The summed E-state index contributed by atoms with van der Waals surface area (Å²) in [6.07, 6.45) is 1.72. The third kappa shape index (κ3) is 1.50. The van der Waals surface area contributed by atoms with Gasteiger partial charge in [0.2, 0.25) is 0 Å². The molecule has 0 aliphatic heterocycles. The number of fused-ring (bicyclic) bond motifs is 1. The number of nitro benzene ring substituents is 1. The molecule has 6 nitrogen and oxygen atoms in total. The van der Waals surface area contributed by atoms with Gasteiger partial charge < -0.3 is 4.74 Å². The second-order valence-electron chi connectivity index (χ2n) is 3.14. The van der Waals surface area contributed by atoms with Crippen LogP contribution in [0, 0.1) is 10.1 Å². The summed E-state index contributed by atoms with van der Waals surface area (Å²) in [7, 11) is 3.16. The van der Waals surface area contributed by atoms with Crippen molar-refractivity contribution < 1.29 is 9.66 Å². The number of methoxy groups -OCH3 is 1. The Morgan fingerprint density at radius 1 is 1.53 bits per heavy atom. The summed E-state index contributed by atoms with van der Waals surface area (Å²) < 4.78 is 6.54. The van der Waals surface area contributed by atoms with Crippen molar-refractivity contribution in [3.8, 4) is 5.75 Å². The topological polar surface area (TPSA) is 70.2 Å². The zero-order chi connectivity index (χ0) is 11.0. The summed E-state index contributed by atoms with van der Waals surface area (Å²) in [5, 5.41) is 15.6. The molecule has 0 amide bonds. The third-order valence-electron chi connectivity index (χ3n) is 2.12. The summed E-state index contributed by atoms with van der Waals surface area (Å²) in [6, 6.07) is 3.02. The summed E-state index contributed by atoms with van der Waals surface area (Å²) in [5.74, 6) is 0.228. The molecular formula is C9H9N3O3. The van der Waals surface area contributed by atoms with Gasteiger partial charge in [-0.2, -0.15) is 5.10 Å². The molecule has 0 fully saturated rings. The fourth-order valence-electron chi connectivity index (χ4n) is 1.47. The molecule has 0 unspecified atom stereocenters. The number of hydrogen-bond acceptors (Lipinski definition) is 4. The fourth-order valence-corrected chi connectivity index (χ4v) is 1.47. The van der Waals surface area contributed by atoms with Crippen LogP contribution in [-0.4, -0.2) is 21.8 Å². The zero-order valence-electron chi connectivity index (χ0n) is 8.30. The van der Waals surface area contributed by atoms with Crippen molar-refractivity contribution >= 4 is 16.6 Å². The molecule has 0 saturated heterocycles. The average Bonchev–Trinajstić information content (AvgIpc) is 2.54. The van der Waals surface area contributed by atoms with Gasteiger partial charge in [0, 0.05) is 30.8 Å². The lowest BCUT2D eigenvalue weighted by molar-refractivity contribution is -0.385. The van der Waals surface area contributed by atoms with Crippen LogP contribution in [0.5, 0.6) is 5.75 Å². The lowest BCUT2D eigenvalue weighted by Crippen LogP contribution is -1.93. The second-order valence-corrected chi connectivity index (χ2v) is 3.14. The first kappa shape index (κ1) is 9.45. The van der Waals surface area contributed by atoms with Crippen molar-refractivity contribution in [2.45, 2.75) is 0 Å². The minimum Gasteiger partial charge on any atom is -0.490 e. The van der Waals surface area contributed by atoms with Crippen LogP contribution in [0.3, 0.4) is 0 Å². The molecule has 0 saturated carbocycles. The predicted molar refractivity (Wildman–Crippen MR) is 53.9 cm³/mol. The van der Waals surface area contributed by atoms with E-state index in [1.807, 2.05) is 0 Å². The SMILES string of the molecule is COc1cc2nn(C)cc2cc1[N+](=O)[O-]. The number of hydrogen-bond donors (Lipinski definition) is 0. The van der Waals surface area contributed by atoms with Crippen molar-refractivity contribution in [3.05, 3.63) is 28.4 Å². The third-order valence-corrected chi connectivity index (χ3v) is 2.12. The van der Waals surface area contributed by atoms with Crippen molar-refractivity contribution in [2.75, 3.05) is 7.11 Å². The lowest BCUT2D eigenvalue weighted by Gasteiger charge is -2.00. The zero-order valence-corrected chi connectivity index (χ0v) is 8.30. The highest BCUT2D eigenvalue weighted by molar-refractivity contribution is 5.83. The number of rotatable bonds is 2. The average molecular weight is 207 g/mol. The van der Waals surface area contributed by atoms with E-state index in [4.69, 9.17) is 4.74 Å². The van der Waals surface area contributed by atoms with Gasteiger partial charge in [0.25, 0.3) is 0 Å². The van der Waals surface area contributed by atoms with Gasteiger partial charge in [0.15, 0.2) is 5.75 Å². The minimum atomic E-state index is -0.467. The molecule has 1 aromatic heterocycles. The summed E-state index contributed by atoms with van der Waals surface area (Å²) in [6.45, 7) is 0. The Hall–Kier alpha value is -2.11. The molecule has 2 rings (SSSR count). The monoisotopic (exact) mass is 207 g/mol. The molecule has 0 aliphatic carbocycles. The molecule has 0 N–H and O–H groups in total. The predicted octanol–water partition coefficient (Wildman–Crippen LogP) is 1.49. The quantitative estimate of drug-likeness (QED) is 0.552. The number of nitro groups is 1. The van der Waals surface area contributed by atoms with Crippen LogP contribution in [0.2, 0.25) is 0 Å². The maximum atomic E-state index is 10.7. The van der Waals surface area contributed by atoms with Gasteiger partial charge in [0.1, 0.15) is 0 Å². The lowest BCUT2D eigenvalue weighted by atomic mass is 10.2. The standard InChI is InChI=1S/C9H9N3O3/c1-11-5-6-3-8(12(13)14)9(15-2)4-7(6)10-11/h3-5H,1-2H3. The molecule has 1 aromatic carbocycles. The summed E-state index contributed by atoms with van der Waals surface area (Å²) in [5.41, 5.74) is 0.637. The molecule has 0 spiro atoms.